The van der Waals surface area contributed by atoms with E-state index < -0.39 is 0 Å². The summed E-state index contributed by atoms with van der Waals surface area (Å²) >= 11 is 10.6. The minimum absolute atomic E-state index is 0.790. The number of aryl methyl sites for hydroxylation is 2. The summed E-state index contributed by atoms with van der Waals surface area (Å²) in [6, 6.07) is 8.37. The van der Waals surface area contributed by atoms with Crippen LogP contribution in [0, 0.1) is 4.77 Å². The molecule has 1 aromatic carbocycles. The Hall–Kier alpha value is -0.910. The van der Waals surface area contributed by atoms with Gasteiger partial charge in [-0.25, -0.2) is 0 Å². The number of imidazole rings is 1. The standard InChI is InChI=1S/C13H11BrN2S2/c14-10-1-2-12-11(7-10)15-13(17)16(12)5-3-9-4-6-18-8-9/h1-2,4,6-8H,3,5H2,(H,15,17). The van der Waals surface area contributed by atoms with Crippen LogP contribution in [0.3, 0.4) is 0 Å². The Kier molecular flexibility index (Phi) is 3.37. The summed E-state index contributed by atoms with van der Waals surface area (Å²) in [6.45, 7) is 0.914. The molecule has 3 aromatic rings. The number of fused-ring (bicyclic) bond motifs is 1. The van der Waals surface area contributed by atoms with Crippen LogP contribution in [0.4, 0.5) is 0 Å². The maximum absolute atomic E-state index is 5.39. The lowest BCUT2D eigenvalue weighted by Gasteiger charge is -2.03. The second-order valence-electron chi connectivity index (χ2n) is 4.12. The number of thiophene rings is 1. The van der Waals surface area contributed by atoms with E-state index in [4.69, 9.17) is 12.2 Å². The Balaban J connectivity index is 1.96. The molecule has 92 valence electrons. The molecule has 0 atom stereocenters. The minimum atomic E-state index is 0.790. The summed E-state index contributed by atoms with van der Waals surface area (Å²) in [5, 5.41) is 4.30. The van der Waals surface area contributed by atoms with Gasteiger partial charge in [-0.15, -0.1) is 0 Å². The third-order valence-electron chi connectivity index (χ3n) is 2.94. The molecule has 2 heterocycles. The van der Waals surface area contributed by atoms with E-state index in [9.17, 15) is 0 Å². The van der Waals surface area contributed by atoms with Crippen molar-refractivity contribution in [1.29, 1.82) is 0 Å². The van der Waals surface area contributed by atoms with Crippen LogP contribution in [0.2, 0.25) is 0 Å². The number of aromatic amines is 1. The van der Waals surface area contributed by atoms with Gasteiger partial charge in [-0.2, -0.15) is 11.3 Å². The lowest BCUT2D eigenvalue weighted by Crippen LogP contribution is -2.00. The van der Waals surface area contributed by atoms with Crippen molar-refractivity contribution in [2.24, 2.45) is 0 Å². The van der Waals surface area contributed by atoms with Crippen molar-refractivity contribution < 1.29 is 0 Å². The van der Waals surface area contributed by atoms with Crippen LogP contribution in [0.25, 0.3) is 11.0 Å². The monoisotopic (exact) mass is 338 g/mol. The molecule has 0 bridgehead atoms. The van der Waals surface area contributed by atoms with Gasteiger partial charge in [0.05, 0.1) is 11.0 Å². The Bertz CT molecular complexity index is 725. The Morgan fingerprint density at radius 1 is 1.33 bits per heavy atom. The summed E-state index contributed by atoms with van der Waals surface area (Å²) in [6.07, 6.45) is 1.01. The molecule has 0 spiro atoms. The molecule has 3 rings (SSSR count). The Morgan fingerprint density at radius 3 is 3.00 bits per heavy atom. The third-order valence-corrected chi connectivity index (χ3v) is 4.49. The highest BCUT2D eigenvalue weighted by Crippen LogP contribution is 2.20. The molecule has 0 unspecified atom stereocenters. The van der Waals surface area contributed by atoms with Gasteiger partial charge in [0.15, 0.2) is 4.77 Å². The number of aromatic nitrogens is 2. The van der Waals surface area contributed by atoms with Gasteiger partial charge in [-0.05, 0) is 59.2 Å². The molecular formula is C13H11BrN2S2. The predicted octanol–water partition coefficient (Wildman–Crippen LogP) is 4.77. The summed E-state index contributed by atoms with van der Waals surface area (Å²) < 4.78 is 4.02. The fourth-order valence-electron chi connectivity index (χ4n) is 2.03. The number of nitrogens with one attached hydrogen (secondary N) is 1. The molecule has 0 aliphatic rings. The molecular weight excluding hydrogens is 328 g/mol. The molecule has 0 saturated heterocycles. The number of benzene rings is 1. The first-order valence-corrected chi connectivity index (χ1v) is 7.77. The van der Waals surface area contributed by atoms with E-state index in [0.717, 1.165) is 27.7 Å². The molecule has 0 fully saturated rings. The van der Waals surface area contributed by atoms with Crippen LogP contribution >= 0.6 is 39.5 Å². The molecule has 0 aliphatic heterocycles. The normalized spacial score (nSPS) is 11.2. The second kappa shape index (κ2) is 4.99. The molecule has 0 aliphatic carbocycles. The van der Waals surface area contributed by atoms with E-state index in [-0.39, 0.29) is 0 Å². The average molecular weight is 339 g/mol. The van der Waals surface area contributed by atoms with Gasteiger partial charge in [-0.1, -0.05) is 15.9 Å². The SMILES string of the molecule is S=c1[nH]c2cc(Br)ccc2n1CCc1ccsc1. The van der Waals surface area contributed by atoms with E-state index in [2.05, 4.69) is 54.4 Å². The molecule has 0 amide bonds. The highest BCUT2D eigenvalue weighted by Gasteiger charge is 2.05. The van der Waals surface area contributed by atoms with Crippen molar-refractivity contribution in [2.75, 3.05) is 0 Å². The van der Waals surface area contributed by atoms with Crippen LogP contribution in [0.5, 0.6) is 0 Å². The number of hydrogen-bond acceptors (Lipinski definition) is 2. The number of halogens is 1. The van der Waals surface area contributed by atoms with E-state index in [0.29, 0.717) is 0 Å². The highest BCUT2D eigenvalue weighted by atomic mass is 79.9. The Labute approximate surface area is 122 Å². The van der Waals surface area contributed by atoms with E-state index in [1.165, 1.54) is 11.1 Å². The molecule has 5 heteroatoms. The number of rotatable bonds is 3. The number of hydrogen-bond donors (Lipinski definition) is 1. The number of H-pyrrole nitrogens is 1. The summed E-state index contributed by atoms with van der Waals surface area (Å²) in [5.41, 5.74) is 3.62. The smallest absolute Gasteiger partial charge is 0.178 e. The maximum atomic E-state index is 5.39. The first kappa shape index (κ1) is 12.1. The van der Waals surface area contributed by atoms with Gasteiger partial charge in [-0.3, -0.25) is 0 Å². The fourth-order valence-corrected chi connectivity index (χ4v) is 3.40. The van der Waals surface area contributed by atoms with Crippen LogP contribution in [0.15, 0.2) is 39.5 Å². The van der Waals surface area contributed by atoms with Gasteiger partial charge >= 0.3 is 0 Å². The van der Waals surface area contributed by atoms with Crippen molar-refractivity contribution in [3.63, 3.8) is 0 Å². The molecule has 0 saturated carbocycles. The maximum Gasteiger partial charge on any atom is 0.178 e. The van der Waals surface area contributed by atoms with Gasteiger partial charge in [0.2, 0.25) is 0 Å². The topological polar surface area (TPSA) is 20.7 Å². The lowest BCUT2D eigenvalue weighted by atomic mass is 10.2. The van der Waals surface area contributed by atoms with Crippen molar-refractivity contribution in [2.45, 2.75) is 13.0 Å². The van der Waals surface area contributed by atoms with Gasteiger partial charge in [0.25, 0.3) is 0 Å². The van der Waals surface area contributed by atoms with Gasteiger partial charge in [0, 0.05) is 11.0 Å². The van der Waals surface area contributed by atoms with Gasteiger partial charge < -0.3 is 9.55 Å². The first-order chi connectivity index (χ1) is 8.74. The van der Waals surface area contributed by atoms with Crippen LogP contribution < -0.4 is 0 Å². The zero-order valence-corrected chi connectivity index (χ0v) is 12.7. The number of nitrogens with zero attached hydrogens (tertiary/aromatic N) is 1. The van der Waals surface area contributed by atoms with Crippen LogP contribution in [0.1, 0.15) is 5.56 Å². The molecule has 1 N–H and O–H groups in total. The van der Waals surface area contributed by atoms with Crippen LogP contribution in [-0.2, 0) is 13.0 Å². The fraction of sp³-hybridized carbons (Fsp3) is 0.154. The zero-order chi connectivity index (χ0) is 12.5. The van der Waals surface area contributed by atoms with E-state index in [1.807, 2.05) is 6.07 Å². The van der Waals surface area contributed by atoms with Gasteiger partial charge in [0.1, 0.15) is 0 Å². The van der Waals surface area contributed by atoms with E-state index >= 15 is 0 Å². The summed E-state index contributed by atoms with van der Waals surface area (Å²) in [7, 11) is 0. The molecule has 18 heavy (non-hydrogen) atoms. The second-order valence-corrected chi connectivity index (χ2v) is 6.21. The van der Waals surface area contributed by atoms with Crippen molar-refractivity contribution in [3.05, 3.63) is 49.8 Å². The zero-order valence-electron chi connectivity index (χ0n) is 9.52. The summed E-state index contributed by atoms with van der Waals surface area (Å²) in [5.74, 6) is 0. The quantitative estimate of drug-likeness (QED) is 0.682. The predicted molar refractivity (Wildman–Crippen MR) is 82.8 cm³/mol. The Morgan fingerprint density at radius 2 is 2.22 bits per heavy atom. The molecule has 2 nitrogen and oxygen atoms in total. The minimum Gasteiger partial charge on any atom is -0.331 e. The van der Waals surface area contributed by atoms with Crippen LogP contribution in [-0.4, -0.2) is 9.55 Å². The molecule has 2 aromatic heterocycles. The largest absolute Gasteiger partial charge is 0.331 e. The highest BCUT2D eigenvalue weighted by molar-refractivity contribution is 9.10. The summed E-state index contributed by atoms with van der Waals surface area (Å²) in [4.78, 5) is 3.25. The first-order valence-electron chi connectivity index (χ1n) is 5.63. The van der Waals surface area contributed by atoms with Crippen molar-refractivity contribution in [3.8, 4) is 0 Å². The molecule has 0 radical (unpaired) electrons. The lowest BCUT2D eigenvalue weighted by molar-refractivity contribution is 0.708. The average Bonchev–Trinajstić information content (AvgIpc) is 2.93. The van der Waals surface area contributed by atoms with E-state index in [1.54, 1.807) is 11.3 Å². The third kappa shape index (κ3) is 2.30. The van der Waals surface area contributed by atoms with Crippen molar-refractivity contribution >= 4 is 50.5 Å². The van der Waals surface area contributed by atoms with Crippen molar-refractivity contribution in [1.82, 2.24) is 9.55 Å².